The van der Waals surface area contributed by atoms with Crippen LogP contribution in [0.1, 0.15) is 12.6 Å². The van der Waals surface area contributed by atoms with Crippen molar-refractivity contribution in [1.29, 1.82) is 0 Å². The average molecular weight is 415 g/mol. The number of aromatic nitrogens is 2. The number of rotatable bonds is 7. The van der Waals surface area contributed by atoms with E-state index in [4.69, 9.17) is 14.8 Å². The topological polar surface area (TPSA) is 93.5 Å². The lowest BCUT2D eigenvalue weighted by Gasteiger charge is -2.19. The maximum atomic E-state index is 13.1. The summed E-state index contributed by atoms with van der Waals surface area (Å²) in [6.07, 6.45) is 0.596. The van der Waals surface area contributed by atoms with E-state index in [0.717, 1.165) is 11.4 Å². The van der Waals surface area contributed by atoms with E-state index >= 15 is 0 Å². The highest BCUT2D eigenvalue weighted by molar-refractivity contribution is 5.87. The molecule has 2 aromatic carbocycles. The highest BCUT2D eigenvalue weighted by Gasteiger charge is 2.18. The molecule has 0 amide bonds. The van der Waals surface area contributed by atoms with Crippen LogP contribution in [0.3, 0.4) is 0 Å². The third kappa shape index (κ3) is 4.25. The van der Waals surface area contributed by atoms with Crippen LogP contribution < -0.4 is 15.5 Å². The Morgan fingerprint density at radius 2 is 1.74 bits per heavy atom. The third-order valence-corrected chi connectivity index (χ3v) is 4.76. The molecule has 0 fully saturated rings. The van der Waals surface area contributed by atoms with E-state index < -0.39 is 12.6 Å². The van der Waals surface area contributed by atoms with Crippen LogP contribution in [0.4, 0.5) is 11.5 Å². The van der Waals surface area contributed by atoms with Gasteiger partial charge in [0.15, 0.2) is 17.7 Å². The number of aryl methyl sites for hydroxylation is 1. The van der Waals surface area contributed by atoms with Crippen LogP contribution in [-0.4, -0.2) is 27.2 Å². The molecule has 0 aliphatic rings. The second-order valence-electron chi connectivity index (χ2n) is 6.90. The van der Waals surface area contributed by atoms with Crippen LogP contribution in [0, 0.1) is 0 Å². The van der Waals surface area contributed by atoms with E-state index in [2.05, 4.69) is 5.32 Å². The lowest BCUT2D eigenvalue weighted by atomic mass is 10.2. The van der Waals surface area contributed by atoms with Gasteiger partial charge in [0.25, 0.3) is 0 Å². The van der Waals surface area contributed by atoms with Gasteiger partial charge in [0.2, 0.25) is 0 Å². The first-order chi connectivity index (χ1) is 15.1. The van der Waals surface area contributed by atoms with Crippen molar-refractivity contribution >= 4 is 28.5 Å². The number of aliphatic carboxylic acids is 1. The summed E-state index contributed by atoms with van der Waals surface area (Å²) in [6, 6.07) is 22.2. The maximum absolute atomic E-state index is 13.1. The van der Waals surface area contributed by atoms with Gasteiger partial charge in [0, 0.05) is 29.2 Å². The number of pyridine rings is 2. The van der Waals surface area contributed by atoms with Gasteiger partial charge in [-0.2, -0.15) is 0 Å². The number of nitrogens with one attached hydrogen (secondary N) is 1. The highest BCUT2D eigenvalue weighted by Crippen LogP contribution is 2.29. The first-order valence-electron chi connectivity index (χ1n) is 9.88. The number of carboxylic acids is 1. The van der Waals surface area contributed by atoms with Gasteiger partial charge in [-0.1, -0.05) is 43.3 Å². The van der Waals surface area contributed by atoms with Crippen molar-refractivity contribution in [2.24, 2.45) is 0 Å². The Hall–Kier alpha value is -4.13. The van der Waals surface area contributed by atoms with Gasteiger partial charge in [0.1, 0.15) is 17.0 Å². The summed E-state index contributed by atoms with van der Waals surface area (Å²) in [6.45, 7) is 1.39. The fourth-order valence-electron chi connectivity index (χ4n) is 3.36. The normalized spacial score (nSPS) is 10.7. The van der Waals surface area contributed by atoms with E-state index in [1.165, 1.54) is 6.07 Å². The Morgan fingerprint density at radius 1 is 1.06 bits per heavy atom. The van der Waals surface area contributed by atoms with Gasteiger partial charge < -0.3 is 15.2 Å². The Labute approximate surface area is 178 Å². The molecular formula is C24H21N3O4. The molecule has 0 spiro atoms. The molecule has 0 aliphatic carbocycles. The Kier molecular flexibility index (Phi) is 5.66. The van der Waals surface area contributed by atoms with Gasteiger partial charge in [-0.3, -0.25) is 9.36 Å². The number of benzene rings is 2. The molecular weight excluding hydrogens is 394 g/mol. The van der Waals surface area contributed by atoms with Crippen LogP contribution in [0.25, 0.3) is 16.7 Å². The van der Waals surface area contributed by atoms with Crippen molar-refractivity contribution in [1.82, 2.24) is 9.55 Å². The summed E-state index contributed by atoms with van der Waals surface area (Å²) in [7, 11) is 0. The largest absolute Gasteiger partial charge is 0.481 e. The van der Waals surface area contributed by atoms with Crippen LogP contribution >= 0.6 is 0 Å². The minimum atomic E-state index is -1.12. The summed E-state index contributed by atoms with van der Waals surface area (Å²) < 4.78 is 7.32. The Balaban J connectivity index is 2.02. The van der Waals surface area contributed by atoms with Crippen LogP contribution in [-0.2, 0) is 11.2 Å². The molecule has 2 N–H and O–H groups in total. The van der Waals surface area contributed by atoms with Crippen molar-refractivity contribution in [2.45, 2.75) is 13.3 Å². The smallest absolute Gasteiger partial charge is 0.341 e. The van der Waals surface area contributed by atoms with Crippen molar-refractivity contribution in [2.75, 3.05) is 11.9 Å². The Morgan fingerprint density at radius 3 is 2.39 bits per heavy atom. The van der Waals surface area contributed by atoms with Gasteiger partial charge >= 0.3 is 5.97 Å². The predicted molar refractivity (Wildman–Crippen MR) is 120 cm³/mol. The van der Waals surface area contributed by atoms with Crippen molar-refractivity contribution in [3.8, 4) is 11.4 Å². The number of carbonyl (C=O) groups is 1. The van der Waals surface area contributed by atoms with Crippen LogP contribution in [0.15, 0.2) is 77.6 Å². The van der Waals surface area contributed by atoms with Crippen LogP contribution in [0.5, 0.6) is 5.75 Å². The monoisotopic (exact) mass is 415 g/mol. The zero-order chi connectivity index (χ0) is 21.8. The van der Waals surface area contributed by atoms with Crippen molar-refractivity contribution in [3.05, 3.63) is 88.7 Å². The SMILES string of the molecule is CCc1cc(OCC(=O)O)c2c(=O)cc(Nc3ccccc3)n(-c3ccccc3)c2n1. The second kappa shape index (κ2) is 8.71. The lowest BCUT2D eigenvalue weighted by Crippen LogP contribution is -2.17. The summed E-state index contributed by atoms with van der Waals surface area (Å²) in [4.78, 5) is 28.9. The number of carboxylic acid groups (broad SMARTS) is 1. The number of ether oxygens (including phenoxy) is 1. The maximum Gasteiger partial charge on any atom is 0.341 e. The molecule has 4 aromatic rings. The zero-order valence-corrected chi connectivity index (χ0v) is 16.9. The predicted octanol–water partition coefficient (Wildman–Crippen LogP) is 4.16. The number of hydrogen-bond donors (Lipinski definition) is 2. The number of anilines is 2. The molecule has 0 bridgehead atoms. The van der Waals surface area contributed by atoms with Crippen LogP contribution in [0.2, 0.25) is 0 Å². The fraction of sp³-hybridized carbons (Fsp3) is 0.125. The summed E-state index contributed by atoms with van der Waals surface area (Å²) in [5, 5.41) is 12.6. The quantitative estimate of drug-likeness (QED) is 0.471. The lowest BCUT2D eigenvalue weighted by molar-refractivity contribution is -0.139. The standard InChI is InChI=1S/C24H21N3O4/c1-2-16-13-20(31-15-22(29)30)23-19(28)14-21(25-17-9-5-3-6-10-17)27(24(23)26-16)18-11-7-4-8-12-18/h3-14,25H,2,15H2,1H3,(H,29,30). The summed E-state index contributed by atoms with van der Waals surface area (Å²) >= 11 is 0. The number of nitrogens with zero attached hydrogens (tertiary/aromatic N) is 2. The number of fused-ring (bicyclic) bond motifs is 1. The van der Waals surface area contributed by atoms with E-state index in [0.29, 0.717) is 23.6 Å². The number of hydrogen-bond acceptors (Lipinski definition) is 5. The zero-order valence-electron chi connectivity index (χ0n) is 16.9. The third-order valence-electron chi connectivity index (χ3n) is 4.76. The van der Waals surface area contributed by atoms with Gasteiger partial charge in [-0.15, -0.1) is 0 Å². The van der Waals surface area contributed by atoms with Gasteiger partial charge in [-0.05, 0) is 30.7 Å². The van der Waals surface area contributed by atoms with Crippen molar-refractivity contribution < 1.29 is 14.6 Å². The first-order valence-corrected chi connectivity index (χ1v) is 9.88. The molecule has 0 atom stereocenters. The molecule has 0 unspecified atom stereocenters. The summed E-state index contributed by atoms with van der Waals surface area (Å²) in [5.41, 5.74) is 2.40. The van der Waals surface area contributed by atoms with E-state index in [-0.39, 0.29) is 16.6 Å². The Bertz CT molecular complexity index is 1290. The average Bonchev–Trinajstić information content (AvgIpc) is 2.78. The molecule has 4 rings (SSSR count). The molecule has 7 heteroatoms. The molecule has 31 heavy (non-hydrogen) atoms. The molecule has 2 heterocycles. The molecule has 7 nitrogen and oxygen atoms in total. The molecule has 156 valence electrons. The minimum Gasteiger partial charge on any atom is -0.481 e. The number of para-hydroxylation sites is 2. The van der Waals surface area contributed by atoms with Gasteiger partial charge in [0.05, 0.1) is 0 Å². The highest BCUT2D eigenvalue weighted by atomic mass is 16.5. The summed E-state index contributed by atoms with van der Waals surface area (Å²) in [5.74, 6) is -0.362. The molecule has 0 saturated carbocycles. The molecule has 0 aliphatic heterocycles. The molecule has 0 radical (unpaired) electrons. The first kappa shape index (κ1) is 20.2. The van der Waals surface area contributed by atoms with E-state index in [9.17, 15) is 9.59 Å². The minimum absolute atomic E-state index is 0.213. The van der Waals surface area contributed by atoms with E-state index in [1.807, 2.05) is 72.2 Å². The fourth-order valence-corrected chi connectivity index (χ4v) is 3.36. The molecule has 0 saturated heterocycles. The second-order valence-corrected chi connectivity index (χ2v) is 6.90. The van der Waals surface area contributed by atoms with Gasteiger partial charge in [-0.25, -0.2) is 9.78 Å². The van der Waals surface area contributed by atoms with Crippen molar-refractivity contribution in [3.63, 3.8) is 0 Å². The van der Waals surface area contributed by atoms with E-state index in [1.54, 1.807) is 6.07 Å². The molecule has 2 aromatic heterocycles.